The van der Waals surface area contributed by atoms with Crippen LogP contribution in [-0.2, 0) is 0 Å². The SMILES string of the molecule is Cc1ccc(-c2cnccc2C(=O)Nc2ccccc2)cc1. The van der Waals surface area contributed by atoms with E-state index in [1.165, 1.54) is 5.56 Å². The van der Waals surface area contributed by atoms with Crippen molar-refractivity contribution in [3.05, 3.63) is 84.2 Å². The summed E-state index contributed by atoms with van der Waals surface area (Å²) < 4.78 is 0. The fourth-order valence-corrected chi connectivity index (χ4v) is 2.28. The summed E-state index contributed by atoms with van der Waals surface area (Å²) in [6.45, 7) is 2.04. The minimum Gasteiger partial charge on any atom is -0.322 e. The van der Waals surface area contributed by atoms with Crippen LogP contribution in [0.4, 0.5) is 5.69 Å². The molecule has 0 spiro atoms. The first-order chi connectivity index (χ1) is 10.7. The predicted molar refractivity (Wildman–Crippen MR) is 88.8 cm³/mol. The smallest absolute Gasteiger partial charge is 0.256 e. The highest BCUT2D eigenvalue weighted by Crippen LogP contribution is 2.24. The van der Waals surface area contributed by atoms with Crippen molar-refractivity contribution in [2.24, 2.45) is 0 Å². The second-order valence-corrected chi connectivity index (χ2v) is 5.11. The Hall–Kier alpha value is -2.94. The summed E-state index contributed by atoms with van der Waals surface area (Å²) >= 11 is 0. The van der Waals surface area contributed by atoms with Crippen LogP contribution in [0.25, 0.3) is 11.1 Å². The number of aryl methyl sites for hydroxylation is 1. The maximum Gasteiger partial charge on any atom is 0.256 e. The third kappa shape index (κ3) is 3.04. The van der Waals surface area contributed by atoms with E-state index in [0.717, 1.165) is 16.8 Å². The molecule has 1 amide bonds. The topological polar surface area (TPSA) is 42.0 Å². The van der Waals surface area contributed by atoms with E-state index in [1.54, 1.807) is 18.5 Å². The number of carbonyl (C=O) groups excluding carboxylic acids is 1. The van der Waals surface area contributed by atoms with Crippen LogP contribution in [0.15, 0.2) is 73.1 Å². The standard InChI is InChI=1S/C19H16N2O/c1-14-7-9-15(10-8-14)18-13-20-12-11-17(18)19(22)21-16-5-3-2-4-6-16/h2-13H,1H3,(H,21,22). The monoisotopic (exact) mass is 288 g/mol. The van der Waals surface area contributed by atoms with Crippen molar-refractivity contribution >= 4 is 11.6 Å². The summed E-state index contributed by atoms with van der Waals surface area (Å²) in [5.41, 5.74) is 4.39. The number of hydrogen-bond donors (Lipinski definition) is 1. The van der Waals surface area contributed by atoms with Gasteiger partial charge < -0.3 is 5.32 Å². The van der Waals surface area contributed by atoms with Crippen molar-refractivity contribution in [2.75, 3.05) is 5.32 Å². The van der Waals surface area contributed by atoms with Gasteiger partial charge in [0.05, 0.1) is 5.56 Å². The molecule has 0 saturated carbocycles. The fourth-order valence-electron chi connectivity index (χ4n) is 2.28. The molecule has 0 atom stereocenters. The van der Waals surface area contributed by atoms with Gasteiger partial charge in [-0.15, -0.1) is 0 Å². The van der Waals surface area contributed by atoms with E-state index in [2.05, 4.69) is 10.3 Å². The second-order valence-electron chi connectivity index (χ2n) is 5.11. The van der Waals surface area contributed by atoms with Gasteiger partial charge in [0.25, 0.3) is 5.91 Å². The van der Waals surface area contributed by atoms with Gasteiger partial charge in [-0.3, -0.25) is 9.78 Å². The van der Waals surface area contributed by atoms with Gasteiger partial charge in [-0.2, -0.15) is 0 Å². The van der Waals surface area contributed by atoms with E-state index in [0.29, 0.717) is 5.56 Å². The summed E-state index contributed by atoms with van der Waals surface area (Å²) in [6.07, 6.45) is 3.36. The van der Waals surface area contributed by atoms with Gasteiger partial charge >= 0.3 is 0 Å². The number of aromatic nitrogens is 1. The van der Waals surface area contributed by atoms with E-state index in [9.17, 15) is 4.79 Å². The largest absolute Gasteiger partial charge is 0.322 e. The molecule has 22 heavy (non-hydrogen) atoms. The van der Waals surface area contributed by atoms with Gasteiger partial charge in [0.15, 0.2) is 0 Å². The van der Waals surface area contributed by atoms with Crippen molar-refractivity contribution in [3.63, 3.8) is 0 Å². The molecule has 2 aromatic carbocycles. The first-order valence-electron chi connectivity index (χ1n) is 7.11. The number of para-hydroxylation sites is 1. The lowest BCUT2D eigenvalue weighted by atomic mass is 10.0. The normalized spacial score (nSPS) is 10.2. The molecular weight excluding hydrogens is 272 g/mol. The van der Waals surface area contributed by atoms with E-state index < -0.39 is 0 Å². The molecule has 0 aliphatic carbocycles. The van der Waals surface area contributed by atoms with E-state index in [4.69, 9.17) is 0 Å². The number of amides is 1. The molecule has 0 bridgehead atoms. The molecule has 0 radical (unpaired) electrons. The summed E-state index contributed by atoms with van der Waals surface area (Å²) in [5.74, 6) is -0.135. The average molecular weight is 288 g/mol. The fraction of sp³-hybridized carbons (Fsp3) is 0.0526. The zero-order valence-electron chi connectivity index (χ0n) is 12.3. The van der Waals surface area contributed by atoms with Crippen molar-refractivity contribution in [1.82, 2.24) is 4.98 Å². The van der Waals surface area contributed by atoms with Gasteiger partial charge in [0.2, 0.25) is 0 Å². The highest BCUT2D eigenvalue weighted by molar-refractivity contribution is 6.08. The van der Waals surface area contributed by atoms with Crippen LogP contribution in [0.3, 0.4) is 0 Å². The van der Waals surface area contributed by atoms with E-state index in [-0.39, 0.29) is 5.91 Å². The van der Waals surface area contributed by atoms with Gasteiger partial charge in [-0.25, -0.2) is 0 Å². The molecule has 3 rings (SSSR count). The van der Waals surface area contributed by atoms with Gasteiger partial charge in [0, 0.05) is 23.6 Å². The lowest BCUT2D eigenvalue weighted by molar-refractivity contribution is 0.102. The number of nitrogens with one attached hydrogen (secondary N) is 1. The molecule has 1 aromatic heterocycles. The van der Waals surface area contributed by atoms with Crippen molar-refractivity contribution in [3.8, 4) is 11.1 Å². The number of nitrogens with zero attached hydrogens (tertiary/aromatic N) is 1. The summed E-state index contributed by atoms with van der Waals surface area (Å²) in [5, 5.41) is 2.91. The molecule has 3 aromatic rings. The Morgan fingerprint density at radius 2 is 1.68 bits per heavy atom. The molecular formula is C19H16N2O. The zero-order valence-corrected chi connectivity index (χ0v) is 12.3. The third-order valence-electron chi connectivity index (χ3n) is 3.46. The van der Waals surface area contributed by atoms with Crippen LogP contribution in [0, 0.1) is 6.92 Å². The van der Waals surface area contributed by atoms with Gasteiger partial charge in [-0.1, -0.05) is 48.0 Å². The Morgan fingerprint density at radius 3 is 2.41 bits per heavy atom. The molecule has 3 heteroatoms. The number of anilines is 1. The zero-order chi connectivity index (χ0) is 15.4. The van der Waals surface area contributed by atoms with Gasteiger partial charge in [-0.05, 0) is 30.7 Å². The molecule has 0 fully saturated rings. The molecule has 108 valence electrons. The second kappa shape index (κ2) is 6.22. The molecule has 1 heterocycles. The van der Waals surface area contributed by atoms with Crippen molar-refractivity contribution < 1.29 is 4.79 Å². The Kier molecular flexibility index (Phi) is 3.97. The first-order valence-corrected chi connectivity index (χ1v) is 7.11. The highest BCUT2D eigenvalue weighted by atomic mass is 16.1. The maximum absolute atomic E-state index is 12.5. The number of benzene rings is 2. The van der Waals surface area contributed by atoms with E-state index >= 15 is 0 Å². The molecule has 0 saturated heterocycles. The third-order valence-corrected chi connectivity index (χ3v) is 3.46. The molecule has 3 nitrogen and oxygen atoms in total. The average Bonchev–Trinajstić information content (AvgIpc) is 2.56. The summed E-state index contributed by atoms with van der Waals surface area (Å²) in [6, 6.07) is 19.2. The highest BCUT2D eigenvalue weighted by Gasteiger charge is 2.13. The van der Waals surface area contributed by atoms with Crippen molar-refractivity contribution in [2.45, 2.75) is 6.92 Å². The maximum atomic E-state index is 12.5. The number of hydrogen-bond acceptors (Lipinski definition) is 2. The van der Waals surface area contributed by atoms with Crippen LogP contribution in [-0.4, -0.2) is 10.9 Å². The lowest BCUT2D eigenvalue weighted by Crippen LogP contribution is -2.13. The molecule has 0 aliphatic rings. The Morgan fingerprint density at radius 1 is 0.955 bits per heavy atom. The van der Waals surface area contributed by atoms with Crippen LogP contribution in [0.5, 0.6) is 0 Å². The lowest BCUT2D eigenvalue weighted by Gasteiger charge is -2.10. The van der Waals surface area contributed by atoms with Crippen LogP contribution < -0.4 is 5.32 Å². The number of pyridine rings is 1. The van der Waals surface area contributed by atoms with Gasteiger partial charge in [0.1, 0.15) is 0 Å². The van der Waals surface area contributed by atoms with Crippen LogP contribution in [0.2, 0.25) is 0 Å². The Balaban J connectivity index is 1.94. The Bertz CT molecular complexity index is 780. The quantitative estimate of drug-likeness (QED) is 0.780. The van der Waals surface area contributed by atoms with Crippen LogP contribution in [0.1, 0.15) is 15.9 Å². The Labute approximate surface area is 129 Å². The summed E-state index contributed by atoms with van der Waals surface area (Å²) in [7, 11) is 0. The molecule has 0 aliphatic heterocycles. The van der Waals surface area contributed by atoms with Crippen molar-refractivity contribution in [1.29, 1.82) is 0 Å². The minimum atomic E-state index is -0.135. The number of rotatable bonds is 3. The van der Waals surface area contributed by atoms with Crippen LogP contribution >= 0.6 is 0 Å². The molecule has 0 unspecified atom stereocenters. The first kappa shape index (κ1) is 14.0. The minimum absolute atomic E-state index is 0.135. The summed E-state index contributed by atoms with van der Waals surface area (Å²) in [4.78, 5) is 16.7. The molecule has 1 N–H and O–H groups in total. The predicted octanol–water partition coefficient (Wildman–Crippen LogP) is 4.31. The van der Waals surface area contributed by atoms with E-state index in [1.807, 2.05) is 61.5 Å². The number of carbonyl (C=O) groups is 1.